The number of aryl methyl sites for hydroxylation is 1. The average molecular weight is 401 g/mol. The minimum absolute atomic E-state index is 0.119. The Morgan fingerprint density at radius 3 is 2.77 bits per heavy atom. The largest absolute Gasteiger partial charge is 0.478 e. The van der Waals surface area contributed by atoms with Gasteiger partial charge in [-0.15, -0.1) is 0 Å². The van der Waals surface area contributed by atoms with E-state index in [0.717, 1.165) is 35.3 Å². The number of hydrogen-bond acceptors (Lipinski definition) is 4. The normalized spacial score (nSPS) is 14.4. The number of anilines is 1. The number of rotatable bonds is 4. The van der Waals surface area contributed by atoms with Crippen LogP contribution in [0.4, 0.5) is 5.69 Å². The van der Waals surface area contributed by atoms with Gasteiger partial charge in [0.15, 0.2) is 0 Å². The molecule has 7 heteroatoms. The first-order chi connectivity index (χ1) is 14.4. The van der Waals surface area contributed by atoms with Crippen LogP contribution in [0.25, 0.3) is 22.6 Å². The number of aliphatic carboxylic acids is 1. The highest BCUT2D eigenvalue weighted by Crippen LogP contribution is 2.28. The molecule has 0 fully saturated rings. The zero-order chi connectivity index (χ0) is 21.3. The van der Waals surface area contributed by atoms with Gasteiger partial charge in [-0.1, -0.05) is 29.8 Å². The summed E-state index contributed by atoms with van der Waals surface area (Å²) in [6.45, 7) is 2.61. The van der Waals surface area contributed by atoms with Crippen LogP contribution in [0.5, 0.6) is 0 Å². The van der Waals surface area contributed by atoms with E-state index in [0.29, 0.717) is 29.0 Å². The predicted octanol–water partition coefficient (Wildman–Crippen LogP) is 3.23. The van der Waals surface area contributed by atoms with E-state index >= 15 is 0 Å². The van der Waals surface area contributed by atoms with E-state index < -0.39 is 11.9 Å². The van der Waals surface area contributed by atoms with Gasteiger partial charge in [-0.3, -0.25) is 14.2 Å². The van der Waals surface area contributed by atoms with Gasteiger partial charge in [0.2, 0.25) is 5.91 Å². The van der Waals surface area contributed by atoms with Crippen molar-refractivity contribution in [3.8, 4) is 0 Å². The van der Waals surface area contributed by atoms with E-state index in [1.165, 1.54) is 0 Å². The Bertz CT molecular complexity index is 1300. The smallest absolute Gasteiger partial charge is 0.328 e. The van der Waals surface area contributed by atoms with Crippen molar-refractivity contribution in [1.82, 2.24) is 9.55 Å². The van der Waals surface area contributed by atoms with E-state index in [-0.39, 0.29) is 5.56 Å². The summed E-state index contributed by atoms with van der Waals surface area (Å²) in [7, 11) is 0. The lowest BCUT2D eigenvalue weighted by molar-refractivity contribution is -0.131. The van der Waals surface area contributed by atoms with Crippen molar-refractivity contribution in [1.29, 1.82) is 0 Å². The van der Waals surface area contributed by atoms with Crippen LogP contribution in [-0.4, -0.2) is 26.5 Å². The molecule has 0 saturated carbocycles. The summed E-state index contributed by atoms with van der Waals surface area (Å²) in [6, 6.07) is 13.0. The van der Waals surface area contributed by atoms with Crippen molar-refractivity contribution < 1.29 is 14.7 Å². The molecular weight excluding hydrogens is 382 g/mol. The molecule has 1 aromatic heterocycles. The number of hydrogen-bond donors (Lipinski definition) is 2. The molecule has 0 radical (unpaired) electrons. The fraction of sp³-hybridized carbons (Fsp3) is 0.130. The van der Waals surface area contributed by atoms with Crippen molar-refractivity contribution in [2.45, 2.75) is 19.9 Å². The Balaban J connectivity index is 1.72. The van der Waals surface area contributed by atoms with Crippen molar-refractivity contribution in [2.75, 3.05) is 5.32 Å². The SMILES string of the molecule is Cc1cccc(/C=C2\CCn3c2nc2cc(NC(=O)/C=C/C(=O)O)ccc2c3=O)c1. The lowest BCUT2D eigenvalue weighted by atomic mass is 10.1. The molecule has 0 aliphatic carbocycles. The molecule has 0 unspecified atom stereocenters. The second-order valence-electron chi connectivity index (χ2n) is 7.12. The first-order valence-electron chi connectivity index (χ1n) is 9.45. The van der Waals surface area contributed by atoms with E-state index in [1.54, 1.807) is 22.8 Å². The number of carbonyl (C=O) groups is 2. The standard InChI is InChI=1S/C23H19N3O4/c1-14-3-2-4-15(11-14)12-16-9-10-26-22(16)25-19-13-17(5-6-18(19)23(26)30)24-20(27)7-8-21(28)29/h2-8,11-13H,9-10H2,1H3,(H,24,27)(H,28,29)/b8-7+,16-12+. The Labute approximate surface area is 172 Å². The van der Waals surface area contributed by atoms with Crippen LogP contribution in [0.15, 0.2) is 59.4 Å². The molecule has 150 valence electrons. The maximum Gasteiger partial charge on any atom is 0.328 e. The first-order valence-corrected chi connectivity index (χ1v) is 9.45. The summed E-state index contributed by atoms with van der Waals surface area (Å²) in [4.78, 5) is 40.0. The maximum absolute atomic E-state index is 12.9. The molecule has 30 heavy (non-hydrogen) atoms. The summed E-state index contributed by atoms with van der Waals surface area (Å²) in [5.41, 5.74) is 3.98. The van der Waals surface area contributed by atoms with Crippen molar-refractivity contribution in [2.24, 2.45) is 0 Å². The topological polar surface area (TPSA) is 101 Å². The minimum atomic E-state index is -1.21. The Morgan fingerprint density at radius 2 is 2.00 bits per heavy atom. The Morgan fingerprint density at radius 1 is 1.17 bits per heavy atom. The van der Waals surface area contributed by atoms with Crippen molar-refractivity contribution >= 4 is 40.1 Å². The maximum atomic E-state index is 12.9. The molecule has 2 N–H and O–H groups in total. The molecule has 1 aliphatic heterocycles. The quantitative estimate of drug-likeness (QED) is 0.654. The zero-order valence-electron chi connectivity index (χ0n) is 16.3. The van der Waals surface area contributed by atoms with Crippen LogP contribution in [0.1, 0.15) is 23.4 Å². The van der Waals surface area contributed by atoms with Crippen LogP contribution in [0, 0.1) is 6.92 Å². The molecule has 7 nitrogen and oxygen atoms in total. The molecule has 1 aliphatic rings. The lowest BCUT2D eigenvalue weighted by Crippen LogP contribution is -2.21. The Hall–Kier alpha value is -4.00. The van der Waals surface area contributed by atoms with Crippen LogP contribution in [0.2, 0.25) is 0 Å². The van der Waals surface area contributed by atoms with Gasteiger partial charge in [-0.2, -0.15) is 0 Å². The van der Waals surface area contributed by atoms with Gasteiger partial charge in [-0.25, -0.2) is 9.78 Å². The molecule has 0 saturated heterocycles. The molecule has 0 atom stereocenters. The summed E-state index contributed by atoms with van der Waals surface area (Å²) in [6.07, 6.45) is 4.46. The van der Waals surface area contributed by atoms with E-state index in [4.69, 9.17) is 10.1 Å². The van der Waals surface area contributed by atoms with Crippen LogP contribution >= 0.6 is 0 Å². The van der Waals surface area contributed by atoms with Crippen molar-refractivity contribution in [3.05, 3.63) is 81.9 Å². The third-order valence-corrected chi connectivity index (χ3v) is 4.88. The number of allylic oxidation sites excluding steroid dienone is 1. The third kappa shape index (κ3) is 3.91. The number of fused-ring (bicyclic) bond motifs is 2. The fourth-order valence-corrected chi connectivity index (χ4v) is 3.52. The summed E-state index contributed by atoms with van der Waals surface area (Å²) < 4.78 is 1.68. The first kappa shape index (κ1) is 19.3. The number of nitrogens with one attached hydrogen (secondary N) is 1. The van der Waals surface area contributed by atoms with Gasteiger partial charge in [-0.05, 0) is 48.8 Å². The molecule has 0 bridgehead atoms. The van der Waals surface area contributed by atoms with Gasteiger partial charge in [0, 0.05) is 24.4 Å². The van der Waals surface area contributed by atoms with Crippen LogP contribution in [0.3, 0.4) is 0 Å². The van der Waals surface area contributed by atoms with Gasteiger partial charge in [0.05, 0.1) is 10.9 Å². The number of carboxylic acids is 1. The molecule has 4 rings (SSSR count). The third-order valence-electron chi connectivity index (χ3n) is 4.88. The van der Waals surface area contributed by atoms with E-state index in [1.807, 2.05) is 31.2 Å². The van der Waals surface area contributed by atoms with Gasteiger partial charge >= 0.3 is 5.97 Å². The van der Waals surface area contributed by atoms with Gasteiger partial charge < -0.3 is 10.4 Å². The van der Waals surface area contributed by atoms with Gasteiger partial charge in [0.1, 0.15) is 5.82 Å². The van der Waals surface area contributed by atoms with E-state index in [2.05, 4.69) is 11.4 Å². The van der Waals surface area contributed by atoms with Gasteiger partial charge in [0.25, 0.3) is 5.56 Å². The summed E-state index contributed by atoms with van der Waals surface area (Å²) >= 11 is 0. The fourth-order valence-electron chi connectivity index (χ4n) is 3.52. The molecule has 0 spiro atoms. The minimum Gasteiger partial charge on any atom is -0.478 e. The highest BCUT2D eigenvalue weighted by Gasteiger charge is 2.21. The number of amides is 1. The number of carbonyl (C=O) groups excluding carboxylic acids is 1. The average Bonchev–Trinajstić information content (AvgIpc) is 3.09. The molecular formula is C23H19N3O4. The molecule has 2 aromatic carbocycles. The highest BCUT2D eigenvalue weighted by atomic mass is 16.4. The highest BCUT2D eigenvalue weighted by molar-refractivity contribution is 6.03. The van der Waals surface area contributed by atoms with E-state index in [9.17, 15) is 14.4 Å². The van der Waals surface area contributed by atoms with Crippen LogP contribution < -0.4 is 10.9 Å². The number of benzene rings is 2. The number of aromatic nitrogens is 2. The second-order valence-corrected chi connectivity index (χ2v) is 7.12. The Kier molecular flexibility index (Phi) is 5.02. The predicted molar refractivity (Wildman–Crippen MR) is 115 cm³/mol. The monoisotopic (exact) mass is 401 g/mol. The van der Waals surface area contributed by atoms with Crippen molar-refractivity contribution in [3.63, 3.8) is 0 Å². The second kappa shape index (κ2) is 7.79. The summed E-state index contributed by atoms with van der Waals surface area (Å²) in [5, 5.41) is 11.7. The summed E-state index contributed by atoms with van der Waals surface area (Å²) in [5.74, 6) is -1.15. The zero-order valence-corrected chi connectivity index (χ0v) is 16.3. The molecule has 1 amide bonds. The lowest BCUT2D eigenvalue weighted by Gasteiger charge is -2.08. The number of carboxylic acid groups (broad SMARTS) is 1. The number of nitrogens with zero attached hydrogens (tertiary/aromatic N) is 2. The molecule has 3 aromatic rings. The van der Waals surface area contributed by atoms with Crippen LogP contribution in [-0.2, 0) is 16.1 Å². The molecule has 2 heterocycles.